The smallest absolute Gasteiger partial charge is 0.128 e. The van der Waals surface area contributed by atoms with E-state index in [0.29, 0.717) is 0 Å². The predicted molar refractivity (Wildman–Crippen MR) is 109 cm³/mol. The van der Waals surface area contributed by atoms with Crippen LogP contribution in [0.2, 0.25) is 5.02 Å². The van der Waals surface area contributed by atoms with E-state index >= 15 is 0 Å². The number of rotatable bonds is 5. The van der Waals surface area contributed by atoms with Gasteiger partial charge in [0.05, 0.1) is 5.69 Å². The van der Waals surface area contributed by atoms with Crippen molar-refractivity contribution in [1.82, 2.24) is 19.9 Å². The lowest BCUT2D eigenvalue weighted by Crippen LogP contribution is -2.31. The fourth-order valence-electron chi connectivity index (χ4n) is 3.50. The van der Waals surface area contributed by atoms with Gasteiger partial charge >= 0.3 is 0 Å². The normalized spacial score (nSPS) is 14.1. The Labute approximate surface area is 165 Å². The van der Waals surface area contributed by atoms with Crippen LogP contribution in [0.3, 0.4) is 0 Å². The van der Waals surface area contributed by atoms with Crippen molar-refractivity contribution in [3.05, 3.63) is 76.5 Å². The average Bonchev–Trinajstić information content (AvgIpc) is 2.69. The Bertz CT molecular complexity index is 924. The van der Waals surface area contributed by atoms with Gasteiger partial charge in [0.2, 0.25) is 0 Å². The molecule has 3 heterocycles. The molecule has 27 heavy (non-hydrogen) atoms. The summed E-state index contributed by atoms with van der Waals surface area (Å²) in [4.78, 5) is 16.3. The molecule has 1 aromatic carbocycles. The van der Waals surface area contributed by atoms with Crippen molar-refractivity contribution in [3.63, 3.8) is 0 Å². The number of pyridine rings is 1. The molecule has 0 atom stereocenters. The molecular formula is C22H23ClN4. The van der Waals surface area contributed by atoms with Gasteiger partial charge in [0.15, 0.2) is 0 Å². The van der Waals surface area contributed by atoms with Crippen LogP contribution >= 0.6 is 11.6 Å². The fraction of sp³-hybridized carbons (Fsp3) is 0.318. The lowest BCUT2D eigenvalue weighted by atomic mass is 10.1. The summed E-state index contributed by atoms with van der Waals surface area (Å²) in [6.45, 7) is 4.96. The third-order valence-electron chi connectivity index (χ3n) is 4.92. The highest BCUT2D eigenvalue weighted by atomic mass is 35.5. The van der Waals surface area contributed by atoms with E-state index in [9.17, 15) is 0 Å². The molecule has 0 radical (unpaired) electrons. The van der Waals surface area contributed by atoms with E-state index in [1.54, 1.807) is 0 Å². The fourth-order valence-corrected chi connectivity index (χ4v) is 3.73. The lowest BCUT2D eigenvalue weighted by molar-refractivity contribution is 0.242. The zero-order valence-corrected chi connectivity index (χ0v) is 16.3. The molecule has 5 heteroatoms. The number of hydrogen-bond acceptors (Lipinski definition) is 4. The van der Waals surface area contributed by atoms with Crippen LogP contribution in [0.4, 0.5) is 0 Å². The second kappa shape index (κ2) is 8.15. The van der Waals surface area contributed by atoms with E-state index in [1.165, 1.54) is 16.8 Å². The minimum atomic E-state index is 0.729. The number of nitrogens with zero attached hydrogens (tertiary/aromatic N) is 4. The molecule has 0 bridgehead atoms. The highest BCUT2D eigenvalue weighted by Crippen LogP contribution is 2.26. The van der Waals surface area contributed by atoms with E-state index in [2.05, 4.69) is 33.9 Å². The topological polar surface area (TPSA) is 41.9 Å². The van der Waals surface area contributed by atoms with Gasteiger partial charge in [0.25, 0.3) is 0 Å². The molecule has 0 saturated carbocycles. The number of hydrogen-bond donors (Lipinski definition) is 0. The average molecular weight is 379 g/mol. The Morgan fingerprint density at radius 3 is 2.74 bits per heavy atom. The summed E-state index contributed by atoms with van der Waals surface area (Å²) in [6, 6.07) is 12.0. The molecule has 0 saturated heterocycles. The summed E-state index contributed by atoms with van der Waals surface area (Å²) in [5.41, 5.74) is 5.55. The van der Waals surface area contributed by atoms with Gasteiger partial charge in [0.1, 0.15) is 5.82 Å². The van der Waals surface area contributed by atoms with Crippen LogP contribution in [0.25, 0.3) is 11.3 Å². The van der Waals surface area contributed by atoms with Crippen molar-refractivity contribution >= 4 is 11.6 Å². The maximum absolute atomic E-state index is 6.27. The number of benzene rings is 1. The number of halogens is 1. The van der Waals surface area contributed by atoms with Crippen molar-refractivity contribution in [2.24, 2.45) is 0 Å². The minimum Gasteiger partial charge on any atom is -0.294 e. The van der Waals surface area contributed by atoms with E-state index in [4.69, 9.17) is 16.6 Å². The van der Waals surface area contributed by atoms with Crippen LogP contribution in [0, 0.1) is 0 Å². The third kappa shape index (κ3) is 4.18. The largest absolute Gasteiger partial charge is 0.294 e. The first-order chi connectivity index (χ1) is 13.2. The maximum atomic E-state index is 6.27. The molecule has 2 aromatic heterocycles. The summed E-state index contributed by atoms with van der Waals surface area (Å²) in [5, 5.41) is 0.729. The molecule has 1 aliphatic heterocycles. The second-order valence-electron chi connectivity index (χ2n) is 7.00. The minimum absolute atomic E-state index is 0.729. The molecule has 0 aliphatic carbocycles. The van der Waals surface area contributed by atoms with E-state index in [1.807, 2.05) is 36.7 Å². The van der Waals surface area contributed by atoms with Crippen molar-refractivity contribution in [3.8, 4) is 11.3 Å². The van der Waals surface area contributed by atoms with E-state index < -0.39 is 0 Å². The molecule has 1 aliphatic rings. The van der Waals surface area contributed by atoms with Gasteiger partial charge in [-0.2, -0.15) is 0 Å². The first-order valence-corrected chi connectivity index (χ1v) is 9.86. The first kappa shape index (κ1) is 18.1. The SMILES string of the molecule is CCCc1ncc2c(n1)CCN(Cc1ccc(-c3ccccc3Cl)nc1)C2. The Kier molecular flexibility index (Phi) is 5.46. The second-order valence-corrected chi connectivity index (χ2v) is 7.41. The third-order valence-corrected chi connectivity index (χ3v) is 5.25. The van der Waals surface area contributed by atoms with Gasteiger partial charge in [0, 0.05) is 66.7 Å². The number of fused-ring (bicyclic) bond motifs is 1. The summed E-state index contributed by atoms with van der Waals surface area (Å²) in [5.74, 6) is 0.976. The van der Waals surface area contributed by atoms with Crippen LogP contribution in [0.1, 0.15) is 36.0 Å². The quantitative estimate of drug-likeness (QED) is 0.645. The molecule has 4 nitrogen and oxygen atoms in total. The van der Waals surface area contributed by atoms with Crippen LogP contribution in [0.15, 0.2) is 48.8 Å². The first-order valence-electron chi connectivity index (χ1n) is 9.49. The summed E-state index contributed by atoms with van der Waals surface area (Å²) in [6.07, 6.45) is 7.00. The van der Waals surface area contributed by atoms with Gasteiger partial charge < -0.3 is 0 Å². The monoisotopic (exact) mass is 378 g/mol. The Balaban J connectivity index is 1.43. The van der Waals surface area contributed by atoms with Crippen molar-refractivity contribution in [2.75, 3.05) is 6.54 Å². The molecule has 0 unspecified atom stereocenters. The van der Waals surface area contributed by atoms with Gasteiger partial charge in [-0.05, 0) is 24.1 Å². The molecule has 0 amide bonds. The molecule has 4 rings (SSSR count). The van der Waals surface area contributed by atoms with Crippen molar-refractivity contribution in [2.45, 2.75) is 39.3 Å². The molecule has 0 spiro atoms. The Hall–Kier alpha value is -2.30. The van der Waals surface area contributed by atoms with E-state index in [0.717, 1.165) is 61.0 Å². The van der Waals surface area contributed by atoms with Crippen molar-refractivity contribution < 1.29 is 0 Å². The van der Waals surface area contributed by atoms with E-state index in [-0.39, 0.29) is 0 Å². The number of aryl methyl sites for hydroxylation is 1. The molecular weight excluding hydrogens is 356 g/mol. The highest BCUT2D eigenvalue weighted by molar-refractivity contribution is 6.33. The Morgan fingerprint density at radius 2 is 1.96 bits per heavy atom. The van der Waals surface area contributed by atoms with Gasteiger partial charge in [-0.25, -0.2) is 9.97 Å². The zero-order chi connectivity index (χ0) is 18.6. The molecule has 0 fully saturated rings. The molecule has 3 aromatic rings. The van der Waals surface area contributed by atoms with Crippen LogP contribution in [-0.4, -0.2) is 26.4 Å². The predicted octanol–water partition coefficient (Wildman–Crippen LogP) is 4.70. The standard InChI is InChI=1S/C22H23ClN4/c1-2-5-22-25-13-17-15-27(11-10-20(17)26-22)14-16-8-9-21(24-12-16)18-6-3-4-7-19(18)23/h3-4,6-9,12-13H,2,5,10-11,14-15H2,1H3. The van der Waals surface area contributed by atoms with Crippen molar-refractivity contribution in [1.29, 1.82) is 0 Å². The Morgan fingerprint density at radius 1 is 1.07 bits per heavy atom. The van der Waals surface area contributed by atoms with Crippen LogP contribution < -0.4 is 0 Å². The van der Waals surface area contributed by atoms with Gasteiger partial charge in [-0.1, -0.05) is 42.8 Å². The van der Waals surface area contributed by atoms with Gasteiger partial charge in [-0.3, -0.25) is 9.88 Å². The van der Waals surface area contributed by atoms with Crippen LogP contribution in [-0.2, 0) is 25.9 Å². The van der Waals surface area contributed by atoms with Crippen LogP contribution in [0.5, 0.6) is 0 Å². The van der Waals surface area contributed by atoms with Gasteiger partial charge in [-0.15, -0.1) is 0 Å². The summed E-state index contributed by atoms with van der Waals surface area (Å²) >= 11 is 6.27. The summed E-state index contributed by atoms with van der Waals surface area (Å²) in [7, 11) is 0. The number of aromatic nitrogens is 3. The molecule has 0 N–H and O–H groups in total. The zero-order valence-electron chi connectivity index (χ0n) is 15.5. The lowest BCUT2D eigenvalue weighted by Gasteiger charge is -2.28. The maximum Gasteiger partial charge on any atom is 0.128 e. The summed E-state index contributed by atoms with van der Waals surface area (Å²) < 4.78 is 0. The molecule has 138 valence electrons. The highest BCUT2D eigenvalue weighted by Gasteiger charge is 2.18.